The molecule has 1 fully saturated rings. The molecule has 6 nitrogen and oxygen atoms in total. The second-order valence-electron chi connectivity index (χ2n) is 6.28. The molecule has 1 amide bonds. The standard InChI is InChI=1S/C19H20FN5OS/c1-13-17(11-21)19(23-14(2)22-13)27-12-18(26)25-9-7-24(8-10-25)16-5-3-15(20)4-6-16/h3-6H,7-10,12H2,1-2H3. The van der Waals surface area contributed by atoms with Gasteiger partial charge in [-0.2, -0.15) is 5.26 Å². The summed E-state index contributed by atoms with van der Waals surface area (Å²) in [5.41, 5.74) is 2.02. The lowest BCUT2D eigenvalue weighted by Crippen LogP contribution is -2.49. The molecule has 0 aliphatic carbocycles. The van der Waals surface area contributed by atoms with Gasteiger partial charge in [0.15, 0.2) is 0 Å². The SMILES string of the molecule is Cc1nc(C)c(C#N)c(SCC(=O)N2CCN(c3ccc(F)cc3)CC2)n1. The van der Waals surface area contributed by atoms with Crippen LogP contribution in [0.5, 0.6) is 0 Å². The molecule has 1 aliphatic heterocycles. The zero-order valence-electron chi connectivity index (χ0n) is 15.3. The van der Waals surface area contributed by atoms with Crippen molar-refractivity contribution in [3.8, 4) is 6.07 Å². The first-order valence-electron chi connectivity index (χ1n) is 8.64. The molecule has 0 bridgehead atoms. The Morgan fingerprint density at radius 1 is 1.19 bits per heavy atom. The highest BCUT2D eigenvalue weighted by atomic mass is 32.2. The maximum Gasteiger partial charge on any atom is 0.233 e. The number of hydrogen-bond acceptors (Lipinski definition) is 6. The quantitative estimate of drug-likeness (QED) is 0.595. The minimum Gasteiger partial charge on any atom is -0.368 e. The Bertz CT molecular complexity index is 873. The number of nitrogens with zero attached hydrogens (tertiary/aromatic N) is 5. The van der Waals surface area contributed by atoms with Crippen LogP contribution in [0, 0.1) is 31.0 Å². The third-order valence-electron chi connectivity index (χ3n) is 4.44. The van der Waals surface area contributed by atoms with Crippen LogP contribution in [-0.2, 0) is 4.79 Å². The van der Waals surface area contributed by atoms with Gasteiger partial charge in [-0.15, -0.1) is 0 Å². The van der Waals surface area contributed by atoms with Crippen LogP contribution >= 0.6 is 11.8 Å². The van der Waals surface area contributed by atoms with E-state index in [2.05, 4.69) is 20.9 Å². The van der Waals surface area contributed by atoms with Crippen LogP contribution in [0.4, 0.5) is 10.1 Å². The van der Waals surface area contributed by atoms with Crippen molar-refractivity contribution in [2.45, 2.75) is 18.9 Å². The fourth-order valence-electron chi connectivity index (χ4n) is 3.00. The van der Waals surface area contributed by atoms with E-state index in [9.17, 15) is 14.4 Å². The van der Waals surface area contributed by atoms with Crippen molar-refractivity contribution in [1.82, 2.24) is 14.9 Å². The van der Waals surface area contributed by atoms with Crippen LogP contribution in [0.2, 0.25) is 0 Å². The molecule has 2 aromatic rings. The Balaban J connectivity index is 1.56. The topological polar surface area (TPSA) is 73.1 Å². The Hall–Kier alpha value is -2.66. The molecule has 0 N–H and O–H groups in total. The molecule has 3 rings (SSSR count). The zero-order valence-corrected chi connectivity index (χ0v) is 16.1. The van der Waals surface area contributed by atoms with E-state index in [0.29, 0.717) is 48.3 Å². The highest BCUT2D eigenvalue weighted by molar-refractivity contribution is 8.00. The van der Waals surface area contributed by atoms with Crippen molar-refractivity contribution >= 4 is 23.4 Å². The number of halogens is 1. The van der Waals surface area contributed by atoms with E-state index in [4.69, 9.17) is 0 Å². The fraction of sp³-hybridized carbons (Fsp3) is 0.368. The summed E-state index contributed by atoms with van der Waals surface area (Å²) in [6.45, 7) is 6.18. The van der Waals surface area contributed by atoms with Crippen molar-refractivity contribution in [2.75, 3.05) is 36.8 Å². The number of anilines is 1. The predicted octanol–water partition coefficient (Wildman–Crippen LogP) is 2.55. The van der Waals surface area contributed by atoms with Gasteiger partial charge in [-0.3, -0.25) is 4.79 Å². The number of aromatic nitrogens is 2. The highest BCUT2D eigenvalue weighted by Crippen LogP contribution is 2.23. The normalized spacial score (nSPS) is 14.1. The molecule has 1 aromatic heterocycles. The average molecular weight is 385 g/mol. The van der Waals surface area contributed by atoms with Crippen LogP contribution in [0.3, 0.4) is 0 Å². The molecule has 0 spiro atoms. The van der Waals surface area contributed by atoms with Crippen LogP contribution in [0.15, 0.2) is 29.3 Å². The monoisotopic (exact) mass is 385 g/mol. The third kappa shape index (κ3) is 4.55. The number of carbonyl (C=O) groups excluding carboxylic acids is 1. The molecule has 0 radical (unpaired) electrons. The smallest absolute Gasteiger partial charge is 0.233 e. The van der Waals surface area contributed by atoms with E-state index in [1.807, 2.05) is 4.90 Å². The number of thioether (sulfide) groups is 1. The Morgan fingerprint density at radius 2 is 1.85 bits per heavy atom. The van der Waals surface area contributed by atoms with E-state index in [1.165, 1.54) is 23.9 Å². The lowest BCUT2D eigenvalue weighted by molar-refractivity contribution is -0.128. The minimum absolute atomic E-state index is 0.0246. The highest BCUT2D eigenvalue weighted by Gasteiger charge is 2.22. The summed E-state index contributed by atoms with van der Waals surface area (Å²) in [7, 11) is 0. The maximum absolute atomic E-state index is 13.0. The van der Waals surface area contributed by atoms with E-state index < -0.39 is 0 Å². The second kappa shape index (κ2) is 8.35. The molecule has 1 saturated heterocycles. The van der Waals surface area contributed by atoms with Gasteiger partial charge in [-0.25, -0.2) is 14.4 Å². The van der Waals surface area contributed by atoms with Gasteiger partial charge < -0.3 is 9.80 Å². The number of aryl methyl sites for hydroxylation is 2. The van der Waals surface area contributed by atoms with Crippen molar-refractivity contribution in [3.05, 3.63) is 47.2 Å². The summed E-state index contributed by atoms with van der Waals surface area (Å²) >= 11 is 1.28. The first-order valence-corrected chi connectivity index (χ1v) is 9.63. The largest absolute Gasteiger partial charge is 0.368 e. The number of amides is 1. The molecule has 0 atom stereocenters. The first-order chi connectivity index (χ1) is 13.0. The summed E-state index contributed by atoms with van der Waals surface area (Å²) in [5, 5.41) is 9.85. The fourth-order valence-corrected chi connectivity index (χ4v) is 3.98. The summed E-state index contributed by atoms with van der Waals surface area (Å²) in [5.74, 6) is 0.601. The van der Waals surface area contributed by atoms with Gasteiger partial charge in [-0.05, 0) is 38.1 Å². The van der Waals surface area contributed by atoms with Crippen LogP contribution in [0.25, 0.3) is 0 Å². The Morgan fingerprint density at radius 3 is 2.48 bits per heavy atom. The molecule has 140 valence electrons. The van der Waals surface area contributed by atoms with Crippen molar-refractivity contribution in [2.24, 2.45) is 0 Å². The Labute approximate surface area is 162 Å². The Kier molecular flexibility index (Phi) is 5.91. The predicted molar refractivity (Wildman–Crippen MR) is 102 cm³/mol. The zero-order chi connectivity index (χ0) is 19.4. The summed E-state index contributed by atoms with van der Waals surface area (Å²) < 4.78 is 13.0. The molecule has 0 unspecified atom stereocenters. The summed E-state index contributed by atoms with van der Waals surface area (Å²) in [6, 6.07) is 8.52. The van der Waals surface area contributed by atoms with Crippen molar-refractivity contribution in [3.63, 3.8) is 0 Å². The number of carbonyl (C=O) groups is 1. The van der Waals surface area contributed by atoms with Gasteiger partial charge in [-0.1, -0.05) is 11.8 Å². The molecule has 0 saturated carbocycles. The van der Waals surface area contributed by atoms with Gasteiger partial charge in [0.1, 0.15) is 28.3 Å². The van der Waals surface area contributed by atoms with Gasteiger partial charge in [0.25, 0.3) is 0 Å². The van der Waals surface area contributed by atoms with Crippen molar-refractivity contribution in [1.29, 1.82) is 5.26 Å². The number of rotatable bonds is 4. The third-order valence-corrected chi connectivity index (χ3v) is 5.40. The van der Waals surface area contributed by atoms with E-state index >= 15 is 0 Å². The lowest BCUT2D eigenvalue weighted by Gasteiger charge is -2.36. The van der Waals surface area contributed by atoms with Gasteiger partial charge in [0, 0.05) is 31.9 Å². The van der Waals surface area contributed by atoms with Gasteiger partial charge in [0.2, 0.25) is 5.91 Å². The number of hydrogen-bond donors (Lipinski definition) is 0. The maximum atomic E-state index is 13.0. The molecule has 27 heavy (non-hydrogen) atoms. The summed E-state index contributed by atoms with van der Waals surface area (Å²) in [4.78, 5) is 25.0. The van der Waals surface area contributed by atoms with Gasteiger partial charge in [0.05, 0.1) is 11.4 Å². The average Bonchev–Trinajstić information content (AvgIpc) is 2.66. The van der Waals surface area contributed by atoms with Crippen LogP contribution < -0.4 is 4.90 Å². The number of nitriles is 1. The minimum atomic E-state index is -0.253. The molecular formula is C19H20FN5OS. The first kappa shape index (κ1) is 19.1. The number of benzene rings is 1. The second-order valence-corrected chi connectivity index (χ2v) is 7.25. The molecule has 1 aromatic carbocycles. The van der Waals surface area contributed by atoms with E-state index in [1.54, 1.807) is 26.0 Å². The van der Waals surface area contributed by atoms with Crippen LogP contribution in [0.1, 0.15) is 17.1 Å². The molecule has 8 heteroatoms. The van der Waals surface area contributed by atoms with Crippen molar-refractivity contribution < 1.29 is 9.18 Å². The van der Waals surface area contributed by atoms with Gasteiger partial charge >= 0.3 is 0 Å². The molecular weight excluding hydrogens is 365 g/mol. The molecule has 1 aliphatic rings. The van der Waals surface area contributed by atoms with Crippen LogP contribution in [-0.4, -0.2) is 52.7 Å². The lowest BCUT2D eigenvalue weighted by atomic mass is 10.2. The van der Waals surface area contributed by atoms with E-state index in [0.717, 1.165) is 5.69 Å². The van der Waals surface area contributed by atoms with E-state index in [-0.39, 0.29) is 17.5 Å². The molecule has 2 heterocycles. The summed E-state index contributed by atoms with van der Waals surface area (Å²) in [6.07, 6.45) is 0. The number of piperazine rings is 1.